The van der Waals surface area contributed by atoms with Crippen molar-refractivity contribution < 1.29 is 33.3 Å². The number of carbonyl (C=O) groups is 2. The number of thioether (sulfide) groups is 1. The predicted molar refractivity (Wildman–Crippen MR) is 158 cm³/mol. The molecule has 0 spiro atoms. The number of benzene rings is 1. The molecule has 11 nitrogen and oxygen atoms in total. The van der Waals surface area contributed by atoms with Crippen LogP contribution in [-0.2, 0) is 23.7 Å². The quantitative estimate of drug-likeness (QED) is 0.0750. The molecule has 1 aromatic carbocycles. The first kappa shape index (κ1) is 36.2. The molecule has 228 valence electrons. The molecule has 0 aliphatic heterocycles. The van der Waals surface area contributed by atoms with E-state index in [1.54, 1.807) is 24.3 Å². The van der Waals surface area contributed by atoms with Gasteiger partial charge in [-0.15, -0.1) is 0 Å². The fourth-order valence-electron chi connectivity index (χ4n) is 3.08. The smallest absolute Gasteiger partial charge is 0.251 e. The van der Waals surface area contributed by atoms with E-state index in [2.05, 4.69) is 27.8 Å². The van der Waals surface area contributed by atoms with Crippen molar-refractivity contribution in [2.75, 3.05) is 79.5 Å². The maximum atomic E-state index is 12.2. The van der Waals surface area contributed by atoms with Gasteiger partial charge in [0.15, 0.2) is 5.44 Å². The van der Waals surface area contributed by atoms with Crippen LogP contribution in [0.2, 0.25) is 0 Å². The maximum Gasteiger partial charge on any atom is 0.251 e. The van der Waals surface area contributed by atoms with E-state index in [0.717, 1.165) is 11.8 Å². The van der Waals surface area contributed by atoms with Crippen molar-refractivity contribution in [1.29, 1.82) is 5.26 Å². The van der Waals surface area contributed by atoms with Crippen molar-refractivity contribution in [3.63, 3.8) is 0 Å². The Morgan fingerprint density at radius 3 is 2.51 bits per heavy atom. The van der Waals surface area contributed by atoms with Crippen LogP contribution in [0.15, 0.2) is 24.3 Å². The van der Waals surface area contributed by atoms with Gasteiger partial charge in [-0.05, 0) is 43.4 Å². The summed E-state index contributed by atoms with van der Waals surface area (Å²) in [5.41, 5.74) is -0.0171. The highest BCUT2D eigenvalue weighted by Crippen LogP contribution is 2.17. The number of nitrogens with zero attached hydrogens (tertiary/aromatic N) is 1. The third kappa shape index (κ3) is 20.7. The Morgan fingerprint density at radius 2 is 1.76 bits per heavy atom. The van der Waals surface area contributed by atoms with Crippen LogP contribution in [0.3, 0.4) is 0 Å². The molecule has 1 rings (SSSR count). The minimum Gasteiger partial charge on any atom is -0.490 e. The standard InChI is InChI=1S/C29H44N4O7S/c1-24(2)7-5-14-36-16-13-32-27(34)10-6-15-37-17-18-38-19-20-39-28(41-23-30)22-40-26-9-4-8-25(21-26)29(35)33-12-11-31-3/h4,8-9,21,24,28,31H,6,10-20,22H2,1-3H3,(H,32,34)(H,33,35)/t28-/m1/s1. The van der Waals surface area contributed by atoms with Crippen molar-refractivity contribution in [3.8, 4) is 23.0 Å². The SMILES string of the molecule is CNCCNC(=O)c1cccc(OC[C@H](OCCOCCOCCCC(=O)NCCOCC#CC(C)C)SC#N)c1. The Morgan fingerprint density at radius 1 is 0.976 bits per heavy atom. The molecule has 0 bridgehead atoms. The number of nitrogens with one attached hydrogen (secondary N) is 3. The summed E-state index contributed by atoms with van der Waals surface area (Å²) in [6, 6.07) is 6.85. The second kappa shape index (κ2) is 24.9. The van der Waals surface area contributed by atoms with Crippen LogP contribution in [-0.4, -0.2) is 96.8 Å². The van der Waals surface area contributed by atoms with Gasteiger partial charge in [0.1, 0.15) is 24.4 Å². The number of amides is 2. The Hall–Kier alpha value is -2.84. The Bertz CT molecular complexity index is 962. The number of thiocyanates is 1. The van der Waals surface area contributed by atoms with Crippen molar-refractivity contribution in [1.82, 2.24) is 16.0 Å². The second-order valence-corrected chi connectivity index (χ2v) is 9.86. The predicted octanol–water partition coefficient (Wildman–Crippen LogP) is 2.18. The van der Waals surface area contributed by atoms with E-state index < -0.39 is 5.44 Å². The van der Waals surface area contributed by atoms with Gasteiger partial charge in [-0.3, -0.25) is 9.59 Å². The van der Waals surface area contributed by atoms with E-state index in [1.807, 2.05) is 26.3 Å². The van der Waals surface area contributed by atoms with Crippen LogP contribution in [0.25, 0.3) is 0 Å². The second-order valence-electron chi connectivity index (χ2n) is 8.91. The minimum atomic E-state index is -0.510. The first-order valence-corrected chi connectivity index (χ1v) is 14.6. The third-order valence-corrected chi connectivity index (χ3v) is 5.70. The van der Waals surface area contributed by atoms with Crippen molar-refractivity contribution in [2.45, 2.75) is 32.1 Å². The monoisotopic (exact) mass is 592 g/mol. The largest absolute Gasteiger partial charge is 0.490 e. The minimum absolute atomic E-state index is 0.0361. The van der Waals surface area contributed by atoms with E-state index in [0.29, 0.717) is 89.3 Å². The lowest BCUT2D eigenvalue weighted by atomic mass is 10.2. The van der Waals surface area contributed by atoms with Gasteiger partial charge in [0.05, 0.1) is 33.0 Å². The Balaban J connectivity index is 2.08. The van der Waals surface area contributed by atoms with Crippen molar-refractivity contribution in [2.24, 2.45) is 5.92 Å². The van der Waals surface area contributed by atoms with Crippen LogP contribution in [0.4, 0.5) is 0 Å². The molecule has 0 heterocycles. The summed E-state index contributed by atoms with van der Waals surface area (Å²) in [6.45, 7) is 8.53. The number of rotatable bonds is 23. The molecule has 0 fully saturated rings. The molecule has 0 aliphatic carbocycles. The molecular formula is C29H44N4O7S. The number of hydrogen-bond acceptors (Lipinski definition) is 10. The number of likely N-dealkylation sites (N-methyl/N-ethyl adjacent to an activating group) is 1. The van der Waals surface area contributed by atoms with Gasteiger partial charge in [-0.1, -0.05) is 31.8 Å². The highest BCUT2D eigenvalue weighted by atomic mass is 32.2. The lowest BCUT2D eigenvalue weighted by Crippen LogP contribution is -2.30. The average molecular weight is 593 g/mol. The normalized spacial score (nSPS) is 11.3. The number of ether oxygens (including phenoxy) is 5. The van der Waals surface area contributed by atoms with E-state index in [1.165, 1.54) is 0 Å². The summed E-state index contributed by atoms with van der Waals surface area (Å²) in [5.74, 6) is 6.56. The lowest BCUT2D eigenvalue weighted by Gasteiger charge is -2.16. The maximum absolute atomic E-state index is 12.2. The van der Waals surface area contributed by atoms with Gasteiger partial charge < -0.3 is 39.6 Å². The van der Waals surface area contributed by atoms with Gasteiger partial charge in [0.2, 0.25) is 5.91 Å². The molecule has 1 atom stereocenters. The molecular weight excluding hydrogens is 548 g/mol. The molecule has 0 radical (unpaired) electrons. The first-order valence-electron chi connectivity index (χ1n) is 13.8. The van der Waals surface area contributed by atoms with Crippen molar-refractivity contribution >= 4 is 23.6 Å². The molecule has 0 saturated heterocycles. The fourth-order valence-corrected chi connectivity index (χ4v) is 3.50. The van der Waals surface area contributed by atoms with Crippen molar-refractivity contribution in [3.05, 3.63) is 29.8 Å². The number of nitriles is 1. The molecule has 3 N–H and O–H groups in total. The molecule has 2 amide bonds. The summed E-state index contributed by atoms with van der Waals surface area (Å²) in [7, 11) is 1.82. The highest BCUT2D eigenvalue weighted by Gasteiger charge is 2.12. The Kier molecular flexibility index (Phi) is 22.0. The highest BCUT2D eigenvalue weighted by molar-refractivity contribution is 8.04. The van der Waals surface area contributed by atoms with Crippen LogP contribution in [0.5, 0.6) is 5.75 Å². The summed E-state index contributed by atoms with van der Waals surface area (Å²) in [6.07, 6.45) is 1.00. The lowest BCUT2D eigenvalue weighted by molar-refractivity contribution is -0.121. The van der Waals surface area contributed by atoms with Crippen LogP contribution >= 0.6 is 11.8 Å². The van der Waals surface area contributed by atoms with Crippen LogP contribution < -0.4 is 20.7 Å². The fraction of sp³-hybridized carbons (Fsp3) is 0.621. The number of carbonyl (C=O) groups excluding carboxylic acids is 2. The molecule has 41 heavy (non-hydrogen) atoms. The van der Waals surface area contributed by atoms with E-state index >= 15 is 0 Å². The summed E-state index contributed by atoms with van der Waals surface area (Å²) in [5, 5.41) is 19.7. The average Bonchev–Trinajstić information content (AvgIpc) is 2.96. The zero-order valence-electron chi connectivity index (χ0n) is 24.4. The zero-order chi connectivity index (χ0) is 30.0. The van der Waals surface area contributed by atoms with E-state index in [9.17, 15) is 9.59 Å². The topological polar surface area (TPSA) is 140 Å². The van der Waals surface area contributed by atoms with E-state index in [-0.39, 0.29) is 25.0 Å². The Labute approximate surface area is 248 Å². The van der Waals surface area contributed by atoms with Gasteiger partial charge in [0, 0.05) is 44.1 Å². The molecule has 1 aromatic rings. The third-order valence-electron chi connectivity index (χ3n) is 5.06. The summed E-state index contributed by atoms with van der Waals surface area (Å²) in [4.78, 5) is 24.0. The van der Waals surface area contributed by atoms with Gasteiger partial charge in [0.25, 0.3) is 5.91 Å². The van der Waals surface area contributed by atoms with Gasteiger partial charge >= 0.3 is 0 Å². The first-order chi connectivity index (χ1) is 20.0. The van der Waals surface area contributed by atoms with Crippen LogP contribution in [0, 0.1) is 28.4 Å². The molecule has 12 heteroatoms. The van der Waals surface area contributed by atoms with E-state index in [4.69, 9.17) is 28.9 Å². The molecule has 0 aliphatic rings. The summed E-state index contributed by atoms with van der Waals surface area (Å²) >= 11 is 0.956. The molecule has 0 saturated carbocycles. The molecule has 0 unspecified atom stereocenters. The molecule has 0 aromatic heterocycles. The van der Waals surface area contributed by atoms with Gasteiger partial charge in [-0.2, -0.15) is 5.26 Å². The van der Waals surface area contributed by atoms with Gasteiger partial charge in [-0.25, -0.2) is 0 Å². The number of hydrogen-bond donors (Lipinski definition) is 3. The zero-order valence-corrected chi connectivity index (χ0v) is 25.2. The summed E-state index contributed by atoms with van der Waals surface area (Å²) < 4.78 is 27.8. The van der Waals surface area contributed by atoms with Crippen LogP contribution in [0.1, 0.15) is 37.0 Å².